The summed E-state index contributed by atoms with van der Waals surface area (Å²) >= 11 is 0. The van der Waals surface area contributed by atoms with E-state index in [0.717, 1.165) is 26.1 Å². The quantitative estimate of drug-likeness (QED) is 0.399. The lowest BCUT2D eigenvalue weighted by molar-refractivity contribution is -0.386. The van der Waals surface area contributed by atoms with E-state index in [4.69, 9.17) is 0 Å². The molecular formula is C16H29N5O3. The Hall–Kier alpha value is -1.96. The van der Waals surface area contributed by atoms with Crippen LogP contribution in [0.25, 0.3) is 0 Å². The minimum Gasteiger partial charge on any atom is -0.356 e. The summed E-state index contributed by atoms with van der Waals surface area (Å²) in [5.74, 6) is -0.346. The Labute approximate surface area is 143 Å². The van der Waals surface area contributed by atoms with Crippen molar-refractivity contribution in [3.05, 3.63) is 21.5 Å². The fourth-order valence-electron chi connectivity index (χ4n) is 2.70. The van der Waals surface area contributed by atoms with Crippen LogP contribution in [0, 0.1) is 29.9 Å². The second-order valence-electron chi connectivity index (χ2n) is 6.03. The summed E-state index contributed by atoms with van der Waals surface area (Å²) in [6.07, 6.45) is 0.908. The molecule has 1 aromatic heterocycles. The third kappa shape index (κ3) is 5.30. The van der Waals surface area contributed by atoms with Gasteiger partial charge in [0.25, 0.3) is 0 Å². The smallest absolute Gasteiger partial charge is 0.312 e. The van der Waals surface area contributed by atoms with Crippen molar-refractivity contribution in [3.63, 3.8) is 0 Å². The van der Waals surface area contributed by atoms with Gasteiger partial charge in [-0.1, -0.05) is 20.8 Å². The van der Waals surface area contributed by atoms with Gasteiger partial charge in [0.1, 0.15) is 11.4 Å². The molecule has 1 atom stereocenters. The Morgan fingerprint density at radius 1 is 1.38 bits per heavy atom. The largest absolute Gasteiger partial charge is 0.356 e. The molecule has 1 heterocycles. The predicted octanol–water partition coefficient (Wildman–Crippen LogP) is 1.89. The first kappa shape index (κ1) is 20.1. The van der Waals surface area contributed by atoms with Gasteiger partial charge in [0, 0.05) is 6.54 Å². The fraction of sp³-hybridized carbons (Fsp3) is 0.750. The van der Waals surface area contributed by atoms with Gasteiger partial charge in [-0.15, -0.1) is 0 Å². The van der Waals surface area contributed by atoms with Crippen LogP contribution in [0.1, 0.15) is 38.6 Å². The third-order valence-corrected chi connectivity index (χ3v) is 4.27. The Morgan fingerprint density at radius 3 is 2.50 bits per heavy atom. The maximum atomic E-state index is 12.2. The summed E-state index contributed by atoms with van der Waals surface area (Å²) in [4.78, 5) is 25.1. The van der Waals surface area contributed by atoms with Crippen LogP contribution in [0.5, 0.6) is 0 Å². The first-order valence-corrected chi connectivity index (χ1v) is 8.50. The van der Waals surface area contributed by atoms with E-state index in [2.05, 4.69) is 29.2 Å². The highest BCUT2D eigenvalue weighted by Crippen LogP contribution is 2.22. The zero-order valence-corrected chi connectivity index (χ0v) is 15.3. The van der Waals surface area contributed by atoms with E-state index >= 15 is 0 Å². The highest BCUT2D eigenvalue weighted by atomic mass is 16.6. The van der Waals surface area contributed by atoms with Crippen LogP contribution in [-0.2, 0) is 11.3 Å². The number of carbonyl (C=O) groups excluding carboxylic acids is 1. The molecule has 1 aromatic rings. The monoisotopic (exact) mass is 339 g/mol. The van der Waals surface area contributed by atoms with E-state index in [1.807, 2.05) is 6.92 Å². The van der Waals surface area contributed by atoms with Crippen molar-refractivity contribution in [2.75, 3.05) is 26.2 Å². The van der Waals surface area contributed by atoms with Crippen molar-refractivity contribution in [1.82, 2.24) is 20.0 Å². The normalized spacial score (nSPS) is 12.4. The van der Waals surface area contributed by atoms with E-state index in [1.165, 1.54) is 0 Å². The molecule has 0 aliphatic carbocycles. The van der Waals surface area contributed by atoms with Crippen molar-refractivity contribution in [3.8, 4) is 0 Å². The average molecular weight is 339 g/mol. The Morgan fingerprint density at radius 2 is 2.00 bits per heavy atom. The summed E-state index contributed by atoms with van der Waals surface area (Å²) in [6.45, 7) is 13.3. The fourth-order valence-corrected chi connectivity index (χ4v) is 2.70. The third-order valence-electron chi connectivity index (χ3n) is 4.27. The van der Waals surface area contributed by atoms with E-state index in [0.29, 0.717) is 24.5 Å². The van der Waals surface area contributed by atoms with Gasteiger partial charge in [-0.2, -0.15) is 5.10 Å². The Bertz CT molecular complexity index is 566. The zero-order valence-electron chi connectivity index (χ0n) is 15.3. The summed E-state index contributed by atoms with van der Waals surface area (Å²) in [7, 11) is 0. The van der Waals surface area contributed by atoms with Crippen LogP contribution in [0.15, 0.2) is 0 Å². The molecule has 0 aromatic carbocycles. The van der Waals surface area contributed by atoms with Crippen LogP contribution >= 0.6 is 0 Å². The molecule has 0 saturated carbocycles. The van der Waals surface area contributed by atoms with Crippen molar-refractivity contribution in [2.24, 2.45) is 5.92 Å². The lowest BCUT2D eigenvalue weighted by atomic mass is 10.1. The molecule has 8 heteroatoms. The van der Waals surface area contributed by atoms with E-state index in [-0.39, 0.29) is 17.5 Å². The number of nitrogens with one attached hydrogen (secondary N) is 1. The number of hydrogen-bond acceptors (Lipinski definition) is 5. The average Bonchev–Trinajstić information content (AvgIpc) is 2.81. The van der Waals surface area contributed by atoms with Crippen molar-refractivity contribution in [2.45, 2.75) is 47.6 Å². The van der Waals surface area contributed by atoms with Crippen LogP contribution in [0.4, 0.5) is 5.69 Å². The first-order chi connectivity index (χ1) is 11.3. The number of nitrogens with zero attached hydrogens (tertiary/aromatic N) is 4. The number of aryl methyl sites for hydroxylation is 1. The summed E-state index contributed by atoms with van der Waals surface area (Å²) in [6, 6.07) is 0. The molecule has 1 N–H and O–H groups in total. The molecular weight excluding hydrogens is 310 g/mol. The first-order valence-electron chi connectivity index (χ1n) is 8.50. The molecule has 1 rings (SSSR count). The molecule has 0 radical (unpaired) electrons. The minimum absolute atomic E-state index is 0.0295. The molecule has 0 aliphatic heterocycles. The molecule has 0 bridgehead atoms. The van der Waals surface area contributed by atoms with E-state index in [9.17, 15) is 14.9 Å². The molecule has 0 aliphatic rings. The van der Waals surface area contributed by atoms with Crippen molar-refractivity contribution < 1.29 is 9.72 Å². The van der Waals surface area contributed by atoms with Gasteiger partial charge >= 0.3 is 5.69 Å². The number of amides is 1. The summed E-state index contributed by atoms with van der Waals surface area (Å²) in [5.41, 5.74) is 0.893. The highest BCUT2D eigenvalue weighted by molar-refractivity contribution is 5.78. The van der Waals surface area contributed by atoms with Gasteiger partial charge in [0.15, 0.2) is 0 Å². The molecule has 0 spiro atoms. The van der Waals surface area contributed by atoms with Gasteiger partial charge in [0.2, 0.25) is 5.91 Å². The van der Waals surface area contributed by atoms with Gasteiger partial charge in [-0.3, -0.25) is 19.6 Å². The summed E-state index contributed by atoms with van der Waals surface area (Å²) < 4.78 is 1.55. The number of nitro groups is 1. The van der Waals surface area contributed by atoms with Gasteiger partial charge in [0.05, 0.1) is 17.4 Å². The molecule has 136 valence electrons. The maximum Gasteiger partial charge on any atom is 0.312 e. The number of carbonyl (C=O) groups is 1. The number of hydrogen-bond donors (Lipinski definition) is 1. The van der Waals surface area contributed by atoms with Crippen LogP contribution in [-0.4, -0.2) is 51.7 Å². The van der Waals surface area contributed by atoms with Crippen LogP contribution < -0.4 is 5.32 Å². The molecule has 1 unspecified atom stereocenters. The molecule has 0 saturated heterocycles. The standard InChI is InChI=1S/C16H29N5O3/c1-6-19(7-2)10-8-9-17-16(22)12(3)11-20-14(5)15(21(23)24)13(4)18-20/h12H,6-11H2,1-5H3,(H,17,22). The maximum absolute atomic E-state index is 12.2. The lowest BCUT2D eigenvalue weighted by Gasteiger charge is -2.18. The van der Waals surface area contributed by atoms with Crippen molar-refractivity contribution in [1.29, 1.82) is 0 Å². The second kappa shape index (κ2) is 9.36. The Kier molecular flexibility index (Phi) is 7.84. The molecule has 1 amide bonds. The SMILES string of the molecule is CCN(CC)CCCNC(=O)C(C)Cn1nc(C)c([N+](=O)[O-])c1C. The van der Waals surface area contributed by atoms with E-state index < -0.39 is 4.92 Å². The molecule has 0 fully saturated rings. The van der Waals surface area contributed by atoms with Gasteiger partial charge < -0.3 is 10.2 Å². The Balaban J connectivity index is 2.50. The number of aromatic nitrogens is 2. The molecule has 24 heavy (non-hydrogen) atoms. The predicted molar refractivity (Wildman–Crippen MR) is 92.9 cm³/mol. The summed E-state index contributed by atoms with van der Waals surface area (Å²) in [5, 5.41) is 18.1. The van der Waals surface area contributed by atoms with Crippen LogP contribution in [0.2, 0.25) is 0 Å². The highest BCUT2D eigenvalue weighted by Gasteiger charge is 2.23. The van der Waals surface area contributed by atoms with Gasteiger partial charge in [-0.25, -0.2) is 0 Å². The van der Waals surface area contributed by atoms with Crippen molar-refractivity contribution >= 4 is 11.6 Å². The minimum atomic E-state index is -0.424. The van der Waals surface area contributed by atoms with Gasteiger partial charge in [-0.05, 0) is 39.9 Å². The van der Waals surface area contributed by atoms with Crippen LogP contribution in [0.3, 0.4) is 0 Å². The van der Waals surface area contributed by atoms with E-state index in [1.54, 1.807) is 18.5 Å². The zero-order chi connectivity index (χ0) is 18.3. The lowest BCUT2D eigenvalue weighted by Crippen LogP contribution is -2.34. The topological polar surface area (TPSA) is 93.3 Å². The number of rotatable bonds is 10. The molecule has 8 nitrogen and oxygen atoms in total. The second-order valence-corrected chi connectivity index (χ2v) is 6.03.